The second kappa shape index (κ2) is 7.02. The molecular weight excluding hydrogens is 352 g/mol. The molecule has 1 saturated carbocycles. The highest BCUT2D eigenvalue weighted by molar-refractivity contribution is 6.08. The zero-order valence-corrected chi connectivity index (χ0v) is 15.5. The summed E-state index contributed by atoms with van der Waals surface area (Å²) in [5.74, 6) is -0.640. The predicted octanol–water partition coefficient (Wildman–Crippen LogP) is 1.66. The molecule has 0 aromatic heterocycles. The number of benzene rings is 1. The van der Waals surface area contributed by atoms with E-state index in [0.717, 1.165) is 17.7 Å². The van der Waals surface area contributed by atoms with Crippen LogP contribution in [0, 0.1) is 5.92 Å². The number of rotatable bonds is 7. The van der Waals surface area contributed by atoms with E-state index in [2.05, 4.69) is 5.32 Å². The topological polar surface area (TPSA) is 102 Å². The van der Waals surface area contributed by atoms with E-state index in [1.165, 1.54) is 14.0 Å². The normalized spacial score (nSPS) is 21.8. The third-order valence-electron chi connectivity index (χ3n) is 5.06. The maximum Gasteiger partial charge on any atom is 0.326 e. The van der Waals surface area contributed by atoms with E-state index in [1.807, 2.05) is 0 Å². The first kappa shape index (κ1) is 18.9. The van der Waals surface area contributed by atoms with Crippen LogP contribution in [0.15, 0.2) is 18.2 Å². The largest absolute Gasteiger partial charge is 0.496 e. The Bertz CT molecular complexity index is 816. The molecule has 27 heavy (non-hydrogen) atoms. The van der Waals surface area contributed by atoms with Gasteiger partial charge in [0.1, 0.15) is 24.4 Å². The summed E-state index contributed by atoms with van der Waals surface area (Å²) < 4.78 is 10.4. The number of imide groups is 1. The minimum Gasteiger partial charge on any atom is -0.496 e. The van der Waals surface area contributed by atoms with Gasteiger partial charge in [0.25, 0.3) is 5.91 Å². The molecule has 1 aromatic rings. The predicted molar refractivity (Wildman–Crippen MR) is 94.2 cm³/mol. The van der Waals surface area contributed by atoms with E-state index in [1.54, 1.807) is 25.1 Å². The quantitative estimate of drug-likeness (QED) is 0.442. The van der Waals surface area contributed by atoms with E-state index in [0.29, 0.717) is 16.9 Å². The molecule has 1 aliphatic carbocycles. The van der Waals surface area contributed by atoms with Gasteiger partial charge in [-0.25, -0.2) is 4.79 Å². The Kier molecular flexibility index (Phi) is 4.91. The zero-order chi connectivity index (χ0) is 19.8. The van der Waals surface area contributed by atoms with Crippen LogP contribution in [0.1, 0.15) is 42.6 Å². The Morgan fingerprint density at radius 3 is 2.59 bits per heavy atom. The van der Waals surface area contributed by atoms with Crippen molar-refractivity contribution < 1.29 is 28.7 Å². The number of ketones is 1. The van der Waals surface area contributed by atoms with Crippen LogP contribution in [-0.2, 0) is 20.9 Å². The number of amides is 3. The van der Waals surface area contributed by atoms with Crippen molar-refractivity contribution in [2.45, 2.75) is 38.8 Å². The lowest BCUT2D eigenvalue weighted by Gasteiger charge is -2.20. The number of nitrogens with zero attached hydrogens (tertiary/aromatic N) is 1. The van der Waals surface area contributed by atoms with Crippen LogP contribution in [0.4, 0.5) is 4.79 Å². The molecule has 1 aromatic carbocycles. The van der Waals surface area contributed by atoms with Gasteiger partial charge in [0.05, 0.1) is 7.11 Å². The van der Waals surface area contributed by atoms with Crippen molar-refractivity contribution in [3.63, 3.8) is 0 Å². The molecular formula is C19H22N2O6. The maximum absolute atomic E-state index is 12.5. The van der Waals surface area contributed by atoms with E-state index in [4.69, 9.17) is 9.47 Å². The third-order valence-corrected chi connectivity index (χ3v) is 5.06. The van der Waals surface area contributed by atoms with Crippen molar-refractivity contribution in [1.29, 1.82) is 0 Å². The Morgan fingerprint density at radius 2 is 2.00 bits per heavy atom. The molecule has 8 heteroatoms. The van der Waals surface area contributed by atoms with Crippen LogP contribution in [0.3, 0.4) is 0 Å². The minimum absolute atomic E-state index is 0.119. The minimum atomic E-state index is -0.934. The fourth-order valence-electron chi connectivity index (χ4n) is 3.24. The van der Waals surface area contributed by atoms with Crippen molar-refractivity contribution in [2.75, 3.05) is 13.7 Å². The van der Waals surface area contributed by atoms with Crippen molar-refractivity contribution in [3.05, 3.63) is 29.3 Å². The summed E-state index contributed by atoms with van der Waals surface area (Å²) in [7, 11) is 1.47. The van der Waals surface area contributed by atoms with Gasteiger partial charge < -0.3 is 14.8 Å². The second-order valence-electron chi connectivity index (χ2n) is 7.04. The highest BCUT2D eigenvalue weighted by atomic mass is 16.5. The average Bonchev–Trinajstić information content (AvgIpc) is 3.45. The van der Waals surface area contributed by atoms with Crippen molar-refractivity contribution >= 4 is 23.7 Å². The van der Waals surface area contributed by atoms with Gasteiger partial charge >= 0.3 is 12.0 Å². The van der Waals surface area contributed by atoms with E-state index < -0.39 is 30.0 Å². The molecule has 3 amide bonds. The zero-order valence-electron chi connectivity index (χ0n) is 15.5. The lowest BCUT2D eigenvalue weighted by Crippen LogP contribution is -2.46. The van der Waals surface area contributed by atoms with Crippen molar-refractivity contribution in [3.8, 4) is 5.75 Å². The van der Waals surface area contributed by atoms with E-state index in [9.17, 15) is 19.2 Å². The molecule has 0 radical (unpaired) electrons. The number of carbonyl (C=O) groups excluding carboxylic acids is 4. The van der Waals surface area contributed by atoms with Crippen LogP contribution >= 0.6 is 0 Å². The molecule has 144 valence electrons. The standard InChI is InChI=1S/C19H22N2O6/c1-11(22)12-4-7-15(26-3)13(8-12)10-27-16(23)9-21-17(24)19(2,14-5-6-14)20-18(21)25/h4,7-8,14H,5-6,9-10H2,1-3H3,(H,20,25). The van der Waals surface area contributed by atoms with Gasteiger partial charge in [-0.3, -0.25) is 19.3 Å². The highest BCUT2D eigenvalue weighted by Gasteiger charge is 2.56. The monoisotopic (exact) mass is 374 g/mol. The molecule has 1 N–H and O–H groups in total. The highest BCUT2D eigenvalue weighted by Crippen LogP contribution is 2.42. The molecule has 8 nitrogen and oxygen atoms in total. The summed E-state index contributed by atoms with van der Waals surface area (Å²) in [6.45, 7) is 2.54. The first-order chi connectivity index (χ1) is 12.8. The third kappa shape index (κ3) is 3.65. The van der Waals surface area contributed by atoms with Crippen LogP contribution in [-0.4, -0.2) is 47.8 Å². The van der Waals surface area contributed by atoms with Gasteiger partial charge in [0.15, 0.2) is 5.78 Å². The number of hydrogen-bond acceptors (Lipinski definition) is 6. The number of methoxy groups -OCH3 is 1. The number of hydrogen-bond donors (Lipinski definition) is 1. The number of Topliss-reactive ketones (excluding diaryl/α,β-unsaturated/α-hetero) is 1. The second-order valence-corrected chi connectivity index (χ2v) is 7.04. The van der Waals surface area contributed by atoms with Gasteiger partial charge in [-0.15, -0.1) is 0 Å². The van der Waals surface area contributed by atoms with Gasteiger partial charge in [-0.2, -0.15) is 0 Å². The molecule has 1 unspecified atom stereocenters. The van der Waals surface area contributed by atoms with E-state index in [-0.39, 0.29) is 18.3 Å². The summed E-state index contributed by atoms with van der Waals surface area (Å²) in [6.07, 6.45) is 1.76. The number of esters is 1. The van der Waals surface area contributed by atoms with Gasteiger partial charge in [-0.05, 0) is 50.8 Å². The number of carbonyl (C=O) groups is 4. The van der Waals surface area contributed by atoms with Crippen LogP contribution < -0.4 is 10.1 Å². The molecule has 1 saturated heterocycles. The molecule has 3 rings (SSSR count). The molecule has 0 spiro atoms. The summed E-state index contributed by atoms with van der Waals surface area (Å²) in [5.41, 5.74) is 0.0610. The van der Waals surface area contributed by atoms with Crippen LogP contribution in [0.5, 0.6) is 5.75 Å². The first-order valence-electron chi connectivity index (χ1n) is 8.74. The Hall–Kier alpha value is -2.90. The molecule has 1 atom stereocenters. The summed E-state index contributed by atoms with van der Waals surface area (Å²) in [6, 6.07) is 4.26. The lowest BCUT2D eigenvalue weighted by molar-refractivity contribution is -0.148. The maximum atomic E-state index is 12.5. The van der Waals surface area contributed by atoms with E-state index >= 15 is 0 Å². The number of nitrogens with one attached hydrogen (secondary N) is 1. The average molecular weight is 374 g/mol. The summed E-state index contributed by atoms with van der Waals surface area (Å²) in [5, 5.41) is 2.68. The fraction of sp³-hybridized carbons (Fsp3) is 0.474. The Morgan fingerprint density at radius 1 is 1.30 bits per heavy atom. The Balaban J connectivity index is 1.63. The number of ether oxygens (including phenoxy) is 2. The number of urea groups is 1. The fourth-order valence-corrected chi connectivity index (χ4v) is 3.24. The summed E-state index contributed by atoms with van der Waals surface area (Å²) in [4.78, 5) is 49.2. The molecule has 1 heterocycles. The molecule has 2 aliphatic rings. The van der Waals surface area contributed by atoms with Crippen molar-refractivity contribution in [2.24, 2.45) is 5.92 Å². The van der Waals surface area contributed by atoms with Crippen LogP contribution in [0.2, 0.25) is 0 Å². The van der Waals surface area contributed by atoms with Gasteiger partial charge in [-0.1, -0.05) is 0 Å². The lowest BCUT2D eigenvalue weighted by atomic mass is 9.96. The SMILES string of the molecule is COc1ccc(C(C)=O)cc1COC(=O)CN1C(=O)NC(C)(C2CC2)C1=O. The smallest absolute Gasteiger partial charge is 0.326 e. The van der Waals surface area contributed by atoms with Gasteiger partial charge in [0, 0.05) is 11.1 Å². The first-order valence-corrected chi connectivity index (χ1v) is 8.74. The van der Waals surface area contributed by atoms with Crippen molar-refractivity contribution in [1.82, 2.24) is 10.2 Å². The summed E-state index contributed by atoms with van der Waals surface area (Å²) >= 11 is 0. The molecule has 2 fully saturated rings. The molecule has 1 aliphatic heterocycles. The van der Waals surface area contributed by atoms with Crippen LogP contribution in [0.25, 0.3) is 0 Å². The van der Waals surface area contributed by atoms with Gasteiger partial charge in [0.2, 0.25) is 0 Å². The Labute approximate surface area is 156 Å². The molecule has 0 bridgehead atoms.